The molecule has 0 aliphatic carbocycles. The average Bonchev–Trinajstić information content (AvgIpc) is 3.27. The van der Waals surface area contributed by atoms with Gasteiger partial charge in [-0.2, -0.15) is 0 Å². The van der Waals surface area contributed by atoms with Crippen LogP contribution in [0, 0.1) is 5.92 Å². The van der Waals surface area contributed by atoms with E-state index in [1.54, 1.807) is 0 Å². The molecule has 1 N–H and O–H groups in total. The smallest absolute Gasteiger partial charge is 0.326 e. The third kappa shape index (κ3) is 3.27. The van der Waals surface area contributed by atoms with Crippen LogP contribution < -0.4 is 0 Å². The number of nitrogens with zero attached hydrogens (tertiary/aromatic N) is 3. The number of carbonyl (C=O) groups is 3. The van der Waals surface area contributed by atoms with Gasteiger partial charge in [-0.3, -0.25) is 14.5 Å². The molecule has 3 saturated heterocycles. The highest BCUT2D eigenvalue weighted by atomic mass is 16.4. The van der Waals surface area contributed by atoms with Crippen molar-refractivity contribution in [3.05, 3.63) is 0 Å². The second-order valence-electron chi connectivity index (χ2n) is 7.15. The monoisotopic (exact) mass is 337 g/mol. The maximum atomic E-state index is 12.7. The van der Waals surface area contributed by atoms with E-state index in [9.17, 15) is 19.5 Å². The van der Waals surface area contributed by atoms with Crippen molar-refractivity contribution in [3.63, 3.8) is 0 Å². The number of likely N-dealkylation sites (tertiary alicyclic amines) is 3. The first-order valence-electron chi connectivity index (χ1n) is 9.06. The highest BCUT2D eigenvalue weighted by Crippen LogP contribution is 2.27. The molecule has 3 rings (SSSR count). The second-order valence-corrected chi connectivity index (χ2v) is 7.15. The molecule has 0 aromatic heterocycles. The summed E-state index contributed by atoms with van der Waals surface area (Å²) in [4.78, 5) is 42.0. The Morgan fingerprint density at radius 2 is 1.96 bits per heavy atom. The largest absolute Gasteiger partial charge is 0.480 e. The van der Waals surface area contributed by atoms with Crippen molar-refractivity contribution in [1.29, 1.82) is 0 Å². The summed E-state index contributed by atoms with van der Waals surface area (Å²) >= 11 is 0. The first-order valence-corrected chi connectivity index (χ1v) is 9.06. The van der Waals surface area contributed by atoms with Crippen molar-refractivity contribution in [2.75, 3.05) is 32.7 Å². The summed E-state index contributed by atoms with van der Waals surface area (Å²) in [7, 11) is 0. The minimum Gasteiger partial charge on any atom is -0.480 e. The molecular formula is C17H27N3O4. The third-order valence-corrected chi connectivity index (χ3v) is 5.72. The Balaban J connectivity index is 1.60. The summed E-state index contributed by atoms with van der Waals surface area (Å²) in [6.07, 6.45) is 3.72. The van der Waals surface area contributed by atoms with Crippen LogP contribution in [0.2, 0.25) is 0 Å². The SMILES string of the molecule is CCN1CCC[C@H]1CN1C[C@H](C(=O)N2CCC[C@@H]2C(=O)O)CC1=O. The van der Waals surface area contributed by atoms with Gasteiger partial charge in [0.2, 0.25) is 11.8 Å². The quantitative estimate of drug-likeness (QED) is 0.785. The summed E-state index contributed by atoms with van der Waals surface area (Å²) in [5.74, 6) is -1.45. The van der Waals surface area contributed by atoms with Gasteiger partial charge in [0, 0.05) is 32.1 Å². The van der Waals surface area contributed by atoms with Crippen LogP contribution in [0.15, 0.2) is 0 Å². The van der Waals surface area contributed by atoms with E-state index in [0.717, 1.165) is 32.4 Å². The minimum atomic E-state index is -0.938. The molecule has 0 radical (unpaired) electrons. The average molecular weight is 337 g/mol. The lowest BCUT2D eigenvalue weighted by molar-refractivity contribution is -0.149. The summed E-state index contributed by atoms with van der Waals surface area (Å²) in [5, 5.41) is 9.25. The molecule has 3 aliphatic heterocycles. The zero-order valence-corrected chi connectivity index (χ0v) is 14.3. The molecule has 7 heteroatoms. The predicted octanol–water partition coefficient (Wildman–Crippen LogP) is 0.395. The van der Waals surface area contributed by atoms with Gasteiger partial charge in [0.15, 0.2) is 0 Å². The minimum absolute atomic E-state index is 0.0300. The number of carbonyl (C=O) groups excluding carboxylic acids is 2. The van der Waals surface area contributed by atoms with Crippen LogP contribution in [0.1, 0.15) is 39.0 Å². The first-order chi connectivity index (χ1) is 11.5. The van der Waals surface area contributed by atoms with E-state index < -0.39 is 12.0 Å². The molecule has 24 heavy (non-hydrogen) atoms. The lowest BCUT2D eigenvalue weighted by Crippen LogP contribution is -2.45. The Kier molecular flexibility index (Phi) is 5.08. The van der Waals surface area contributed by atoms with Crippen LogP contribution in [-0.2, 0) is 14.4 Å². The number of hydrogen-bond acceptors (Lipinski definition) is 4. The van der Waals surface area contributed by atoms with Crippen LogP contribution in [-0.4, -0.2) is 82.4 Å². The molecule has 0 saturated carbocycles. The number of rotatable bonds is 5. The van der Waals surface area contributed by atoms with Gasteiger partial charge in [-0.15, -0.1) is 0 Å². The molecular weight excluding hydrogens is 310 g/mol. The Morgan fingerprint density at radius 1 is 1.21 bits per heavy atom. The van der Waals surface area contributed by atoms with Gasteiger partial charge in [0.05, 0.1) is 5.92 Å². The topological polar surface area (TPSA) is 81.2 Å². The lowest BCUT2D eigenvalue weighted by Gasteiger charge is -2.28. The first kappa shape index (κ1) is 17.2. The van der Waals surface area contributed by atoms with Gasteiger partial charge in [-0.05, 0) is 38.8 Å². The molecule has 0 aromatic carbocycles. The zero-order valence-electron chi connectivity index (χ0n) is 14.3. The van der Waals surface area contributed by atoms with E-state index in [0.29, 0.717) is 32.1 Å². The van der Waals surface area contributed by atoms with Gasteiger partial charge < -0.3 is 14.9 Å². The van der Waals surface area contributed by atoms with Gasteiger partial charge in [0.1, 0.15) is 6.04 Å². The standard InChI is InChI=1S/C17H27N3O4/c1-2-18-7-3-5-13(18)11-19-10-12(9-15(19)21)16(22)20-8-4-6-14(20)17(23)24/h12-14H,2-11H2,1H3,(H,23,24)/t12-,13+,14-/m1/s1. The third-order valence-electron chi connectivity index (χ3n) is 5.72. The molecule has 0 unspecified atom stereocenters. The lowest BCUT2D eigenvalue weighted by atomic mass is 10.1. The Labute approximate surface area is 142 Å². The van der Waals surface area contributed by atoms with E-state index in [2.05, 4.69) is 11.8 Å². The predicted molar refractivity (Wildman–Crippen MR) is 87.3 cm³/mol. The molecule has 7 nitrogen and oxygen atoms in total. The molecule has 2 amide bonds. The summed E-state index contributed by atoms with van der Waals surface area (Å²) < 4.78 is 0. The van der Waals surface area contributed by atoms with E-state index in [4.69, 9.17) is 0 Å². The van der Waals surface area contributed by atoms with Crippen LogP contribution in [0.3, 0.4) is 0 Å². The number of amides is 2. The van der Waals surface area contributed by atoms with Crippen molar-refractivity contribution in [2.24, 2.45) is 5.92 Å². The normalized spacial score (nSPS) is 31.2. The number of likely N-dealkylation sites (N-methyl/N-ethyl adjacent to an activating group) is 1. The molecule has 0 bridgehead atoms. The number of hydrogen-bond donors (Lipinski definition) is 1. The molecule has 134 valence electrons. The summed E-state index contributed by atoms with van der Waals surface area (Å²) in [5.41, 5.74) is 0. The molecule has 3 atom stereocenters. The Hall–Kier alpha value is -1.63. The van der Waals surface area contributed by atoms with Gasteiger partial charge in [0.25, 0.3) is 0 Å². The fraction of sp³-hybridized carbons (Fsp3) is 0.824. The van der Waals surface area contributed by atoms with E-state index in [-0.39, 0.29) is 24.2 Å². The maximum Gasteiger partial charge on any atom is 0.326 e. The second kappa shape index (κ2) is 7.09. The van der Waals surface area contributed by atoms with Crippen molar-refractivity contribution in [3.8, 4) is 0 Å². The fourth-order valence-electron chi connectivity index (χ4n) is 4.41. The van der Waals surface area contributed by atoms with Gasteiger partial charge >= 0.3 is 5.97 Å². The fourth-order valence-corrected chi connectivity index (χ4v) is 4.41. The number of carboxylic acid groups (broad SMARTS) is 1. The van der Waals surface area contributed by atoms with Crippen molar-refractivity contribution < 1.29 is 19.5 Å². The van der Waals surface area contributed by atoms with Crippen LogP contribution >= 0.6 is 0 Å². The van der Waals surface area contributed by atoms with Gasteiger partial charge in [-0.25, -0.2) is 4.79 Å². The number of carboxylic acids is 1. The highest BCUT2D eigenvalue weighted by molar-refractivity contribution is 5.91. The van der Waals surface area contributed by atoms with Crippen molar-refractivity contribution in [1.82, 2.24) is 14.7 Å². The van der Waals surface area contributed by atoms with E-state index >= 15 is 0 Å². The highest BCUT2D eigenvalue weighted by Gasteiger charge is 2.42. The maximum absolute atomic E-state index is 12.7. The van der Waals surface area contributed by atoms with E-state index in [1.807, 2.05) is 4.90 Å². The van der Waals surface area contributed by atoms with Gasteiger partial charge in [-0.1, -0.05) is 6.92 Å². The Bertz CT molecular complexity index is 524. The molecule has 0 spiro atoms. The molecule has 3 aliphatic rings. The Morgan fingerprint density at radius 3 is 2.67 bits per heavy atom. The zero-order chi connectivity index (χ0) is 17.3. The molecule has 0 aromatic rings. The van der Waals surface area contributed by atoms with E-state index in [1.165, 1.54) is 4.90 Å². The van der Waals surface area contributed by atoms with Crippen LogP contribution in [0.25, 0.3) is 0 Å². The van der Waals surface area contributed by atoms with Crippen LogP contribution in [0.4, 0.5) is 0 Å². The summed E-state index contributed by atoms with van der Waals surface area (Å²) in [6.45, 7) is 5.83. The van der Waals surface area contributed by atoms with Crippen molar-refractivity contribution in [2.45, 2.75) is 51.1 Å². The summed E-state index contributed by atoms with van der Waals surface area (Å²) in [6, 6.07) is -0.321. The number of aliphatic carboxylic acids is 1. The molecule has 3 heterocycles. The van der Waals surface area contributed by atoms with Crippen LogP contribution in [0.5, 0.6) is 0 Å². The molecule has 3 fully saturated rings. The van der Waals surface area contributed by atoms with Crippen molar-refractivity contribution >= 4 is 17.8 Å².